The van der Waals surface area contributed by atoms with Crippen molar-refractivity contribution in [1.82, 2.24) is 0 Å². The molecule has 1 N–H and O–H groups in total. The van der Waals surface area contributed by atoms with E-state index < -0.39 is 10.1 Å². The van der Waals surface area contributed by atoms with Gasteiger partial charge in [0.2, 0.25) is 0 Å². The van der Waals surface area contributed by atoms with E-state index in [-0.39, 0.29) is 16.2 Å². The summed E-state index contributed by atoms with van der Waals surface area (Å²) in [5, 5.41) is 0. The van der Waals surface area contributed by atoms with Gasteiger partial charge >= 0.3 is 0 Å². The van der Waals surface area contributed by atoms with Crippen molar-refractivity contribution in [2.75, 3.05) is 0 Å². The molecular weight excluding hydrogens is 360 g/mol. The van der Waals surface area contributed by atoms with Gasteiger partial charge in [0.15, 0.2) is 5.78 Å². The van der Waals surface area contributed by atoms with E-state index in [0.717, 1.165) is 19.3 Å². The van der Waals surface area contributed by atoms with Gasteiger partial charge < -0.3 is 0 Å². The molecule has 1 aromatic carbocycles. The highest BCUT2D eigenvalue weighted by molar-refractivity contribution is 7.86. The zero-order valence-electron chi connectivity index (χ0n) is 16.8. The van der Waals surface area contributed by atoms with Crippen LogP contribution in [0.5, 0.6) is 0 Å². The topological polar surface area (TPSA) is 71.4 Å². The second-order valence-corrected chi connectivity index (χ2v) is 8.78. The number of benzene rings is 1. The van der Waals surface area contributed by atoms with Crippen molar-refractivity contribution in [3.8, 4) is 0 Å². The van der Waals surface area contributed by atoms with Crippen molar-refractivity contribution in [3.05, 3.63) is 29.8 Å². The predicted octanol–water partition coefficient (Wildman–Crippen LogP) is 6.60. The summed E-state index contributed by atoms with van der Waals surface area (Å²) in [6, 6.07) is 5.86. The van der Waals surface area contributed by atoms with Crippen LogP contribution in [0.25, 0.3) is 0 Å². The Kier molecular flexibility index (Phi) is 12.3. The zero-order chi connectivity index (χ0) is 20.0. The molecule has 0 fully saturated rings. The average molecular weight is 397 g/mol. The Morgan fingerprint density at radius 2 is 1.22 bits per heavy atom. The van der Waals surface area contributed by atoms with E-state index in [0.29, 0.717) is 6.42 Å². The quantitative estimate of drug-likeness (QED) is 0.194. The number of unbranched alkanes of at least 4 members (excludes halogenated alkanes) is 12. The molecule has 0 saturated heterocycles. The average Bonchev–Trinajstić information content (AvgIpc) is 2.64. The Hall–Kier alpha value is -1.20. The molecule has 0 amide bonds. The summed E-state index contributed by atoms with van der Waals surface area (Å²) >= 11 is 0. The van der Waals surface area contributed by atoms with Gasteiger partial charge in [-0.05, 0) is 12.5 Å². The minimum atomic E-state index is -4.36. The molecule has 5 heteroatoms. The number of rotatable bonds is 16. The fourth-order valence-electron chi connectivity index (χ4n) is 3.36. The van der Waals surface area contributed by atoms with E-state index >= 15 is 0 Å². The van der Waals surface area contributed by atoms with Gasteiger partial charge in [0.25, 0.3) is 10.1 Å². The SMILES string of the molecule is CCCCCCCCCCCCCCCC(=O)c1ccccc1S(=O)(=O)O. The molecule has 0 unspecified atom stereocenters. The van der Waals surface area contributed by atoms with Gasteiger partial charge in [-0.15, -0.1) is 0 Å². The van der Waals surface area contributed by atoms with Crippen LogP contribution >= 0.6 is 0 Å². The predicted molar refractivity (Wildman–Crippen MR) is 111 cm³/mol. The van der Waals surface area contributed by atoms with Crippen LogP contribution < -0.4 is 0 Å². The molecule has 27 heavy (non-hydrogen) atoms. The molecule has 0 aliphatic rings. The van der Waals surface area contributed by atoms with E-state index in [4.69, 9.17) is 0 Å². The highest BCUT2D eigenvalue weighted by Crippen LogP contribution is 2.19. The lowest BCUT2D eigenvalue weighted by molar-refractivity contribution is 0.0975. The lowest BCUT2D eigenvalue weighted by atomic mass is 10.0. The molecule has 154 valence electrons. The summed E-state index contributed by atoms with van der Waals surface area (Å²) in [6.45, 7) is 2.24. The first-order valence-electron chi connectivity index (χ1n) is 10.6. The lowest BCUT2D eigenvalue weighted by Crippen LogP contribution is -2.08. The second kappa shape index (κ2) is 13.9. The Labute approximate surface area is 165 Å². The first kappa shape index (κ1) is 23.8. The summed E-state index contributed by atoms with van der Waals surface area (Å²) in [6.07, 6.45) is 16.4. The van der Waals surface area contributed by atoms with Crippen LogP contribution in [0, 0.1) is 0 Å². The van der Waals surface area contributed by atoms with E-state index in [2.05, 4.69) is 6.92 Å². The fraction of sp³-hybridized carbons (Fsp3) is 0.682. The molecule has 0 radical (unpaired) electrons. The maximum atomic E-state index is 12.2. The minimum absolute atomic E-state index is 0.0962. The van der Waals surface area contributed by atoms with E-state index in [1.54, 1.807) is 6.07 Å². The van der Waals surface area contributed by atoms with Crippen LogP contribution in [0.15, 0.2) is 29.2 Å². The second-order valence-electron chi connectivity index (χ2n) is 7.39. The maximum Gasteiger partial charge on any atom is 0.295 e. The van der Waals surface area contributed by atoms with Crippen molar-refractivity contribution >= 4 is 15.9 Å². The summed E-state index contributed by atoms with van der Waals surface area (Å²) in [4.78, 5) is 12.0. The summed E-state index contributed by atoms with van der Waals surface area (Å²) in [5.41, 5.74) is 0.0962. The third-order valence-electron chi connectivity index (χ3n) is 4.97. The largest absolute Gasteiger partial charge is 0.295 e. The summed E-state index contributed by atoms with van der Waals surface area (Å²) < 4.78 is 31.9. The Balaban J connectivity index is 2.08. The van der Waals surface area contributed by atoms with E-state index in [1.165, 1.54) is 82.4 Å². The standard InChI is InChI=1S/C22H36O4S/c1-2-3-4-5-6-7-8-9-10-11-12-13-14-18-21(23)20-17-15-16-19-22(20)27(24,25)26/h15-17,19H,2-14,18H2,1H3,(H,24,25,26). The molecule has 0 bridgehead atoms. The van der Waals surface area contributed by atoms with Gasteiger partial charge in [0, 0.05) is 12.0 Å². The highest BCUT2D eigenvalue weighted by atomic mass is 32.2. The molecule has 1 aromatic rings. The molecular formula is C22H36O4S. The van der Waals surface area contributed by atoms with Gasteiger partial charge in [-0.2, -0.15) is 8.42 Å². The van der Waals surface area contributed by atoms with Gasteiger partial charge in [-0.3, -0.25) is 9.35 Å². The van der Waals surface area contributed by atoms with E-state index in [1.807, 2.05) is 0 Å². The van der Waals surface area contributed by atoms with Crippen molar-refractivity contribution < 1.29 is 17.8 Å². The number of Topliss-reactive ketones (excluding diaryl/α,β-unsaturated/α-hetero) is 1. The molecule has 0 aromatic heterocycles. The minimum Gasteiger partial charge on any atom is -0.294 e. The van der Waals surface area contributed by atoms with Crippen LogP contribution in [0.4, 0.5) is 0 Å². The molecule has 0 aliphatic carbocycles. The van der Waals surface area contributed by atoms with Crippen molar-refractivity contribution in [2.45, 2.75) is 102 Å². The number of hydrogen-bond acceptors (Lipinski definition) is 3. The number of ketones is 1. The number of hydrogen-bond donors (Lipinski definition) is 1. The van der Waals surface area contributed by atoms with E-state index in [9.17, 15) is 17.8 Å². The lowest BCUT2D eigenvalue weighted by Gasteiger charge is -2.06. The van der Waals surface area contributed by atoms with Gasteiger partial charge in [0.1, 0.15) is 4.90 Å². The first-order valence-corrected chi connectivity index (χ1v) is 12.0. The zero-order valence-corrected chi connectivity index (χ0v) is 17.6. The van der Waals surface area contributed by atoms with Crippen LogP contribution in [0.2, 0.25) is 0 Å². The van der Waals surface area contributed by atoms with Gasteiger partial charge in [-0.1, -0.05) is 102 Å². The van der Waals surface area contributed by atoms with Crippen molar-refractivity contribution in [3.63, 3.8) is 0 Å². The molecule has 0 atom stereocenters. The van der Waals surface area contributed by atoms with Gasteiger partial charge in [-0.25, -0.2) is 0 Å². The molecule has 1 rings (SSSR count). The smallest absolute Gasteiger partial charge is 0.294 e. The monoisotopic (exact) mass is 396 g/mol. The summed E-state index contributed by atoms with van der Waals surface area (Å²) in [7, 11) is -4.36. The highest BCUT2D eigenvalue weighted by Gasteiger charge is 2.19. The third-order valence-corrected chi connectivity index (χ3v) is 5.88. The van der Waals surface area contributed by atoms with Crippen LogP contribution in [-0.4, -0.2) is 18.8 Å². The Morgan fingerprint density at radius 3 is 1.70 bits per heavy atom. The third kappa shape index (κ3) is 10.6. The van der Waals surface area contributed by atoms with Crippen LogP contribution in [0.1, 0.15) is 107 Å². The van der Waals surface area contributed by atoms with Crippen LogP contribution in [0.3, 0.4) is 0 Å². The molecule has 0 spiro atoms. The summed E-state index contributed by atoms with van der Waals surface area (Å²) in [5.74, 6) is -0.216. The normalized spacial score (nSPS) is 11.6. The fourth-order valence-corrected chi connectivity index (χ4v) is 4.07. The Morgan fingerprint density at radius 1 is 0.778 bits per heavy atom. The first-order chi connectivity index (χ1) is 13.0. The molecule has 0 aliphatic heterocycles. The van der Waals surface area contributed by atoms with Gasteiger partial charge in [0.05, 0.1) is 0 Å². The molecule has 0 heterocycles. The molecule has 4 nitrogen and oxygen atoms in total. The maximum absolute atomic E-state index is 12.2. The number of carbonyl (C=O) groups is 1. The van der Waals surface area contributed by atoms with Crippen LogP contribution in [-0.2, 0) is 10.1 Å². The van der Waals surface area contributed by atoms with Crippen molar-refractivity contribution in [2.24, 2.45) is 0 Å². The Bertz CT molecular complexity index is 637. The van der Waals surface area contributed by atoms with Crippen molar-refractivity contribution in [1.29, 1.82) is 0 Å². The molecule has 0 saturated carbocycles. The number of carbonyl (C=O) groups excluding carboxylic acids is 1.